The zero-order chi connectivity index (χ0) is 13.2. The van der Waals surface area contributed by atoms with Crippen molar-refractivity contribution < 1.29 is 4.92 Å². The normalized spacial score (nSPS) is 10.7. The van der Waals surface area contributed by atoms with Crippen molar-refractivity contribution in [2.75, 3.05) is 0 Å². The summed E-state index contributed by atoms with van der Waals surface area (Å²) < 4.78 is 1.91. The van der Waals surface area contributed by atoms with Crippen LogP contribution in [0.2, 0.25) is 0 Å². The van der Waals surface area contributed by atoms with E-state index in [1.807, 2.05) is 34.9 Å². The zero-order valence-electron chi connectivity index (χ0n) is 10.1. The summed E-state index contributed by atoms with van der Waals surface area (Å²) in [6.07, 6.45) is 1.71. The van der Waals surface area contributed by atoms with Crippen molar-refractivity contribution in [1.82, 2.24) is 9.55 Å². The fourth-order valence-electron chi connectivity index (χ4n) is 2.06. The van der Waals surface area contributed by atoms with Gasteiger partial charge in [-0.1, -0.05) is 30.3 Å². The molecule has 3 aromatic rings. The summed E-state index contributed by atoms with van der Waals surface area (Å²) in [6.45, 7) is 0.651. The lowest BCUT2D eigenvalue weighted by molar-refractivity contribution is -0.384. The molecule has 2 aromatic carbocycles. The van der Waals surface area contributed by atoms with Crippen molar-refractivity contribution in [1.29, 1.82) is 0 Å². The molecule has 19 heavy (non-hydrogen) atoms. The van der Waals surface area contributed by atoms with E-state index in [4.69, 9.17) is 0 Å². The quantitative estimate of drug-likeness (QED) is 0.532. The molecule has 0 N–H and O–H groups in total. The minimum absolute atomic E-state index is 0.0855. The predicted molar refractivity (Wildman–Crippen MR) is 71.9 cm³/mol. The van der Waals surface area contributed by atoms with Gasteiger partial charge < -0.3 is 4.57 Å². The summed E-state index contributed by atoms with van der Waals surface area (Å²) >= 11 is 0. The number of rotatable bonds is 3. The van der Waals surface area contributed by atoms with Gasteiger partial charge in [-0.2, -0.15) is 0 Å². The lowest BCUT2D eigenvalue weighted by Crippen LogP contribution is -1.98. The average molecular weight is 253 g/mol. The van der Waals surface area contributed by atoms with Crippen LogP contribution in [0.3, 0.4) is 0 Å². The molecule has 0 saturated carbocycles. The Hall–Kier alpha value is -2.69. The molecule has 0 radical (unpaired) electrons. The minimum atomic E-state index is -0.390. The van der Waals surface area contributed by atoms with Gasteiger partial charge in [0.15, 0.2) is 0 Å². The Morgan fingerprint density at radius 3 is 2.68 bits per heavy atom. The van der Waals surface area contributed by atoms with E-state index < -0.39 is 0 Å². The van der Waals surface area contributed by atoms with Gasteiger partial charge >= 0.3 is 0 Å². The summed E-state index contributed by atoms with van der Waals surface area (Å²) in [4.78, 5) is 14.7. The van der Waals surface area contributed by atoms with Gasteiger partial charge in [0.05, 0.1) is 22.3 Å². The number of nitro benzene ring substituents is 1. The molecule has 0 aliphatic heterocycles. The molecule has 3 rings (SSSR count). The second kappa shape index (κ2) is 4.53. The Labute approximate surface area is 109 Å². The molecule has 0 aliphatic carbocycles. The van der Waals surface area contributed by atoms with Gasteiger partial charge in [0.25, 0.3) is 5.69 Å². The van der Waals surface area contributed by atoms with E-state index in [0.29, 0.717) is 6.54 Å². The molecule has 1 heterocycles. The van der Waals surface area contributed by atoms with Gasteiger partial charge in [-0.3, -0.25) is 10.1 Å². The highest BCUT2D eigenvalue weighted by atomic mass is 16.6. The molecular formula is C14H11N3O2. The summed E-state index contributed by atoms with van der Waals surface area (Å²) in [6, 6.07) is 14.6. The molecule has 0 fully saturated rings. The van der Waals surface area contributed by atoms with E-state index in [1.54, 1.807) is 18.5 Å². The van der Waals surface area contributed by atoms with Crippen LogP contribution >= 0.6 is 0 Å². The molecule has 0 atom stereocenters. The number of hydrogen-bond acceptors (Lipinski definition) is 3. The number of imidazole rings is 1. The van der Waals surface area contributed by atoms with Gasteiger partial charge in [-0.15, -0.1) is 0 Å². The summed E-state index contributed by atoms with van der Waals surface area (Å²) in [5.74, 6) is 0. The van der Waals surface area contributed by atoms with Crippen LogP contribution in [0, 0.1) is 10.1 Å². The maximum atomic E-state index is 10.8. The highest BCUT2D eigenvalue weighted by Crippen LogP contribution is 2.20. The van der Waals surface area contributed by atoms with Crippen molar-refractivity contribution >= 4 is 16.7 Å². The molecular weight excluding hydrogens is 242 g/mol. The van der Waals surface area contributed by atoms with Gasteiger partial charge in [0.2, 0.25) is 0 Å². The largest absolute Gasteiger partial charge is 0.326 e. The van der Waals surface area contributed by atoms with Crippen molar-refractivity contribution in [3.63, 3.8) is 0 Å². The lowest BCUT2D eigenvalue weighted by Gasteiger charge is -2.04. The number of fused-ring (bicyclic) bond motifs is 1. The smallest absolute Gasteiger partial charge is 0.271 e. The molecule has 5 nitrogen and oxygen atoms in total. The third-order valence-corrected chi connectivity index (χ3v) is 3.01. The van der Waals surface area contributed by atoms with Crippen molar-refractivity contribution in [2.24, 2.45) is 0 Å². The fourth-order valence-corrected chi connectivity index (χ4v) is 2.06. The first-order valence-corrected chi connectivity index (χ1v) is 5.87. The molecule has 5 heteroatoms. The van der Waals surface area contributed by atoms with Gasteiger partial charge in [0, 0.05) is 18.7 Å². The molecule has 94 valence electrons. The summed E-state index contributed by atoms with van der Waals surface area (Å²) in [5.41, 5.74) is 2.76. The Bertz CT molecular complexity index is 735. The Morgan fingerprint density at radius 2 is 1.95 bits per heavy atom. The third-order valence-electron chi connectivity index (χ3n) is 3.01. The van der Waals surface area contributed by atoms with Crippen LogP contribution in [0.5, 0.6) is 0 Å². The second-order valence-corrected chi connectivity index (χ2v) is 4.29. The van der Waals surface area contributed by atoms with Crippen LogP contribution < -0.4 is 0 Å². The van der Waals surface area contributed by atoms with Crippen LogP contribution in [-0.4, -0.2) is 14.5 Å². The Morgan fingerprint density at radius 1 is 1.16 bits per heavy atom. The highest BCUT2D eigenvalue weighted by molar-refractivity contribution is 5.78. The fraction of sp³-hybridized carbons (Fsp3) is 0.0714. The molecule has 1 aromatic heterocycles. The number of non-ortho nitro benzene ring substituents is 1. The van der Waals surface area contributed by atoms with E-state index in [9.17, 15) is 10.1 Å². The summed E-state index contributed by atoms with van der Waals surface area (Å²) in [5, 5.41) is 10.8. The van der Waals surface area contributed by atoms with Crippen molar-refractivity contribution in [3.8, 4) is 0 Å². The zero-order valence-corrected chi connectivity index (χ0v) is 10.1. The lowest BCUT2D eigenvalue weighted by atomic mass is 10.2. The second-order valence-electron chi connectivity index (χ2n) is 4.29. The Kier molecular flexibility index (Phi) is 2.72. The van der Waals surface area contributed by atoms with Crippen LogP contribution in [0.15, 0.2) is 54.9 Å². The van der Waals surface area contributed by atoms with Crippen LogP contribution in [-0.2, 0) is 6.54 Å². The molecule has 0 spiro atoms. The number of benzene rings is 2. The van der Waals surface area contributed by atoms with Crippen LogP contribution in [0.4, 0.5) is 5.69 Å². The summed E-state index contributed by atoms with van der Waals surface area (Å²) in [7, 11) is 0. The van der Waals surface area contributed by atoms with Crippen molar-refractivity contribution in [3.05, 3.63) is 70.5 Å². The van der Waals surface area contributed by atoms with Gasteiger partial charge in [-0.25, -0.2) is 4.98 Å². The predicted octanol–water partition coefficient (Wildman–Crippen LogP) is 2.99. The first-order chi connectivity index (χ1) is 9.24. The third kappa shape index (κ3) is 2.18. The van der Waals surface area contributed by atoms with Crippen LogP contribution in [0.1, 0.15) is 5.56 Å². The number of nitro groups is 1. The number of nitrogens with zero attached hydrogens (tertiary/aromatic N) is 3. The van der Waals surface area contributed by atoms with E-state index >= 15 is 0 Å². The first kappa shape index (κ1) is 11.4. The van der Waals surface area contributed by atoms with E-state index in [2.05, 4.69) is 4.98 Å². The van der Waals surface area contributed by atoms with E-state index in [1.165, 1.54) is 6.07 Å². The average Bonchev–Trinajstić information content (AvgIpc) is 2.82. The molecule has 0 saturated heterocycles. The topological polar surface area (TPSA) is 61.0 Å². The molecule has 0 bridgehead atoms. The number of hydrogen-bond donors (Lipinski definition) is 0. The minimum Gasteiger partial charge on any atom is -0.326 e. The van der Waals surface area contributed by atoms with Gasteiger partial charge in [0.1, 0.15) is 0 Å². The molecule has 0 aliphatic rings. The maximum Gasteiger partial charge on any atom is 0.271 e. The Balaban J connectivity index is 2.04. The maximum absolute atomic E-state index is 10.8. The van der Waals surface area contributed by atoms with Crippen molar-refractivity contribution in [2.45, 2.75) is 6.54 Å². The van der Waals surface area contributed by atoms with E-state index in [-0.39, 0.29) is 10.6 Å². The molecule has 0 amide bonds. The van der Waals surface area contributed by atoms with Gasteiger partial charge in [-0.05, 0) is 11.6 Å². The monoisotopic (exact) mass is 253 g/mol. The molecule has 0 unspecified atom stereocenters. The SMILES string of the molecule is O=[N+]([O-])c1ccc2ncn(Cc3ccccc3)c2c1. The number of aromatic nitrogens is 2. The standard InChI is InChI=1S/C14H11N3O2/c18-17(19)12-6-7-13-14(8-12)16(10-15-13)9-11-4-2-1-3-5-11/h1-8,10H,9H2. The van der Waals surface area contributed by atoms with E-state index in [0.717, 1.165) is 16.6 Å². The van der Waals surface area contributed by atoms with Crippen LogP contribution in [0.25, 0.3) is 11.0 Å². The first-order valence-electron chi connectivity index (χ1n) is 5.87. The highest BCUT2D eigenvalue weighted by Gasteiger charge is 2.10.